The van der Waals surface area contributed by atoms with E-state index in [9.17, 15) is 0 Å². The van der Waals surface area contributed by atoms with Crippen LogP contribution in [0.15, 0.2) is 34.7 Å². The highest BCUT2D eigenvalue weighted by Crippen LogP contribution is 2.16. The first-order valence-electron chi connectivity index (χ1n) is 5.67. The number of rotatable bonds is 3. The van der Waals surface area contributed by atoms with E-state index >= 15 is 0 Å². The second kappa shape index (κ2) is 4.67. The van der Waals surface area contributed by atoms with E-state index in [1.165, 1.54) is 0 Å². The van der Waals surface area contributed by atoms with E-state index in [2.05, 4.69) is 36.3 Å². The summed E-state index contributed by atoms with van der Waals surface area (Å²) < 4.78 is 5.58. The average molecular weight is 231 g/mol. The first-order valence-corrected chi connectivity index (χ1v) is 5.67. The zero-order valence-electron chi connectivity index (χ0n) is 10.4. The molecular formula is C13H17N3O. The Morgan fingerprint density at radius 1 is 1.12 bits per heavy atom. The standard InChI is InChI=1S/C13H17N3O/c1-13(2,3)14-9-11-15-16-12(17-11)10-7-5-4-6-8-10/h4-8,14H,9H2,1-3H3. The monoisotopic (exact) mass is 231 g/mol. The van der Waals surface area contributed by atoms with Crippen LogP contribution in [-0.2, 0) is 6.54 Å². The molecule has 90 valence electrons. The normalized spacial score (nSPS) is 11.7. The van der Waals surface area contributed by atoms with Crippen molar-refractivity contribution in [3.8, 4) is 11.5 Å². The fraction of sp³-hybridized carbons (Fsp3) is 0.385. The topological polar surface area (TPSA) is 51.0 Å². The summed E-state index contributed by atoms with van der Waals surface area (Å²) >= 11 is 0. The van der Waals surface area contributed by atoms with E-state index in [4.69, 9.17) is 4.42 Å². The maximum absolute atomic E-state index is 5.58. The van der Waals surface area contributed by atoms with Crippen LogP contribution in [0.2, 0.25) is 0 Å². The molecule has 0 spiro atoms. The van der Waals surface area contributed by atoms with Crippen molar-refractivity contribution in [1.82, 2.24) is 15.5 Å². The Hall–Kier alpha value is -1.68. The fourth-order valence-electron chi connectivity index (χ4n) is 1.36. The Morgan fingerprint density at radius 2 is 1.82 bits per heavy atom. The maximum Gasteiger partial charge on any atom is 0.247 e. The van der Waals surface area contributed by atoms with Crippen LogP contribution in [0.3, 0.4) is 0 Å². The van der Waals surface area contributed by atoms with Crippen molar-refractivity contribution in [3.05, 3.63) is 36.2 Å². The summed E-state index contributed by atoms with van der Waals surface area (Å²) in [7, 11) is 0. The van der Waals surface area contributed by atoms with Gasteiger partial charge in [0.05, 0.1) is 6.54 Å². The molecule has 17 heavy (non-hydrogen) atoms. The molecule has 0 amide bonds. The summed E-state index contributed by atoms with van der Waals surface area (Å²) in [5, 5.41) is 11.4. The molecule has 0 saturated carbocycles. The van der Waals surface area contributed by atoms with Crippen molar-refractivity contribution in [2.75, 3.05) is 0 Å². The van der Waals surface area contributed by atoms with Gasteiger partial charge in [-0.3, -0.25) is 0 Å². The third-order valence-corrected chi connectivity index (χ3v) is 2.26. The minimum atomic E-state index is 0.0430. The Morgan fingerprint density at radius 3 is 2.47 bits per heavy atom. The number of benzene rings is 1. The predicted octanol–water partition coefficient (Wildman–Crippen LogP) is 2.62. The van der Waals surface area contributed by atoms with E-state index in [0.29, 0.717) is 18.3 Å². The van der Waals surface area contributed by atoms with Gasteiger partial charge >= 0.3 is 0 Å². The van der Waals surface area contributed by atoms with Gasteiger partial charge in [-0.25, -0.2) is 0 Å². The van der Waals surface area contributed by atoms with Gasteiger partial charge in [-0.15, -0.1) is 10.2 Å². The Kier molecular flexibility index (Phi) is 3.24. The number of nitrogens with zero attached hydrogens (tertiary/aromatic N) is 2. The van der Waals surface area contributed by atoms with E-state index in [-0.39, 0.29) is 5.54 Å². The molecule has 4 heteroatoms. The lowest BCUT2D eigenvalue weighted by Gasteiger charge is -2.18. The first kappa shape index (κ1) is 11.8. The molecule has 2 rings (SSSR count). The largest absolute Gasteiger partial charge is 0.419 e. The van der Waals surface area contributed by atoms with E-state index in [1.54, 1.807) is 0 Å². The van der Waals surface area contributed by atoms with Crippen molar-refractivity contribution in [2.45, 2.75) is 32.9 Å². The van der Waals surface area contributed by atoms with E-state index in [1.807, 2.05) is 30.3 Å². The smallest absolute Gasteiger partial charge is 0.247 e. The van der Waals surface area contributed by atoms with Crippen molar-refractivity contribution in [1.29, 1.82) is 0 Å². The molecule has 2 aromatic rings. The van der Waals surface area contributed by atoms with Gasteiger partial charge in [0, 0.05) is 11.1 Å². The van der Waals surface area contributed by atoms with Crippen LogP contribution in [0.25, 0.3) is 11.5 Å². The Bertz CT molecular complexity index is 471. The van der Waals surface area contributed by atoms with Crippen LogP contribution in [0, 0.1) is 0 Å². The van der Waals surface area contributed by atoms with E-state index < -0.39 is 0 Å². The zero-order valence-corrected chi connectivity index (χ0v) is 10.4. The molecule has 0 unspecified atom stereocenters. The Balaban J connectivity index is 2.07. The minimum Gasteiger partial charge on any atom is -0.419 e. The van der Waals surface area contributed by atoms with Crippen molar-refractivity contribution in [2.24, 2.45) is 0 Å². The zero-order chi connectivity index (χ0) is 12.3. The van der Waals surface area contributed by atoms with E-state index in [0.717, 1.165) is 5.56 Å². The van der Waals surface area contributed by atoms with Gasteiger partial charge in [0.2, 0.25) is 11.8 Å². The van der Waals surface area contributed by atoms with Crippen LogP contribution >= 0.6 is 0 Å². The van der Waals surface area contributed by atoms with Crippen LogP contribution < -0.4 is 5.32 Å². The molecule has 0 aliphatic rings. The van der Waals surface area contributed by atoms with Crippen molar-refractivity contribution >= 4 is 0 Å². The highest BCUT2D eigenvalue weighted by molar-refractivity contribution is 5.51. The second-order valence-electron chi connectivity index (χ2n) is 4.97. The molecule has 1 aromatic carbocycles. The van der Waals surface area contributed by atoms with Gasteiger partial charge in [0.15, 0.2) is 0 Å². The molecule has 1 N–H and O–H groups in total. The lowest BCUT2D eigenvalue weighted by Crippen LogP contribution is -2.35. The first-order chi connectivity index (χ1) is 8.04. The van der Waals surface area contributed by atoms with Crippen LogP contribution in [0.5, 0.6) is 0 Å². The summed E-state index contributed by atoms with van der Waals surface area (Å²) in [5.74, 6) is 1.18. The van der Waals surface area contributed by atoms with Gasteiger partial charge in [-0.05, 0) is 32.9 Å². The third-order valence-electron chi connectivity index (χ3n) is 2.26. The fourth-order valence-corrected chi connectivity index (χ4v) is 1.36. The lowest BCUT2D eigenvalue weighted by molar-refractivity contribution is 0.383. The molecule has 4 nitrogen and oxygen atoms in total. The van der Waals surface area contributed by atoms with Gasteiger partial charge in [-0.1, -0.05) is 18.2 Å². The summed E-state index contributed by atoms with van der Waals surface area (Å²) in [6, 6.07) is 9.77. The van der Waals surface area contributed by atoms with Gasteiger partial charge < -0.3 is 9.73 Å². The number of nitrogens with one attached hydrogen (secondary N) is 1. The van der Waals surface area contributed by atoms with Crippen LogP contribution in [0.1, 0.15) is 26.7 Å². The third kappa shape index (κ3) is 3.39. The molecule has 0 aliphatic carbocycles. The quantitative estimate of drug-likeness (QED) is 0.882. The molecule has 0 radical (unpaired) electrons. The maximum atomic E-state index is 5.58. The number of aromatic nitrogens is 2. The molecule has 1 aromatic heterocycles. The number of hydrogen-bond acceptors (Lipinski definition) is 4. The molecule has 0 atom stereocenters. The molecule has 1 heterocycles. The highest BCUT2D eigenvalue weighted by atomic mass is 16.4. The van der Waals surface area contributed by atoms with Crippen molar-refractivity contribution in [3.63, 3.8) is 0 Å². The predicted molar refractivity (Wildman–Crippen MR) is 66.3 cm³/mol. The van der Waals surface area contributed by atoms with Gasteiger partial charge in [0.25, 0.3) is 0 Å². The van der Waals surface area contributed by atoms with Crippen LogP contribution in [-0.4, -0.2) is 15.7 Å². The SMILES string of the molecule is CC(C)(C)NCc1nnc(-c2ccccc2)o1. The molecule has 0 fully saturated rings. The highest BCUT2D eigenvalue weighted by Gasteiger charge is 2.12. The molecule has 0 bridgehead atoms. The Labute approximate surface area is 101 Å². The average Bonchev–Trinajstić information content (AvgIpc) is 2.75. The van der Waals surface area contributed by atoms with Crippen LogP contribution in [0.4, 0.5) is 0 Å². The molecule has 0 aliphatic heterocycles. The molecule has 0 saturated heterocycles. The summed E-state index contributed by atoms with van der Waals surface area (Å²) in [6.07, 6.45) is 0. The number of hydrogen-bond donors (Lipinski definition) is 1. The summed E-state index contributed by atoms with van der Waals surface area (Å²) in [4.78, 5) is 0. The minimum absolute atomic E-state index is 0.0430. The summed E-state index contributed by atoms with van der Waals surface area (Å²) in [6.45, 7) is 6.88. The second-order valence-corrected chi connectivity index (χ2v) is 4.97. The summed E-state index contributed by atoms with van der Waals surface area (Å²) in [5.41, 5.74) is 0.989. The van der Waals surface area contributed by atoms with Gasteiger partial charge in [-0.2, -0.15) is 0 Å². The lowest BCUT2D eigenvalue weighted by atomic mass is 10.1. The molecular weight excluding hydrogens is 214 g/mol. The van der Waals surface area contributed by atoms with Gasteiger partial charge in [0.1, 0.15) is 0 Å². The van der Waals surface area contributed by atoms with Crippen molar-refractivity contribution < 1.29 is 4.42 Å².